The Labute approximate surface area is 151 Å². The van der Waals surface area contributed by atoms with Crippen molar-refractivity contribution in [3.63, 3.8) is 0 Å². The van der Waals surface area contributed by atoms with Gasteiger partial charge in [-0.05, 0) is 5.56 Å². The van der Waals surface area contributed by atoms with Gasteiger partial charge >= 0.3 is 0 Å². The molecule has 0 aliphatic rings. The van der Waals surface area contributed by atoms with Crippen molar-refractivity contribution in [2.24, 2.45) is 0 Å². The van der Waals surface area contributed by atoms with E-state index in [2.05, 4.69) is 22.5 Å². The number of halogens is 1. The van der Waals surface area contributed by atoms with Gasteiger partial charge in [0.25, 0.3) is 0 Å². The lowest BCUT2D eigenvalue weighted by Crippen LogP contribution is -2.21. The second-order valence-corrected chi connectivity index (χ2v) is 9.47. The first kappa shape index (κ1) is 17.0. The molecule has 3 aromatic carbocycles. The van der Waals surface area contributed by atoms with E-state index < -0.39 is 7.14 Å². The minimum atomic E-state index is -2.96. The van der Waals surface area contributed by atoms with Crippen LogP contribution in [0.3, 0.4) is 0 Å². The largest absolute Gasteiger partial charge is 0.313 e. The van der Waals surface area contributed by atoms with Gasteiger partial charge in [-0.3, -0.25) is 0 Å². The first-order valence-electron chi connectivity index (χ1n) is 7.74. The molecule has 1 nitrogen and oxygen atoms in total. The highest BCUT2D eigenvalue weighted by Gasteiger charge is 2.38. The molecule has 24 heavy (non-hydrogen) atoms. The van der Waals surface area contributed by atoms with Crippen LogP contribution in [0.2, 0.25) is 0 Å². The first-order valence-corrected chi connectivity index (χ1v) is 10.3. The van der Waals surface area contributed by atoms with Crippen LogP contribution in [-0.2, 0) is 4.57 Å². The van der Waals surface area contributed by atoms with Crippen LogP contribution in [0.4, 0.5) is 0 Å². The maximum absolute atomic E-state index is 14.5. The van der Waals surface area contributed by atoms with Crippen LogP contribution < -0.4 is 10.6 Å². The molecule has 0 saturated carbocycles. The lowest BCUT2D eigenvalue weighted by atomic mass is 10.1. The molecule has 0 spiro atoms. The second-order valence-electron chi connectivity index (χ2n) is 5.59. The van der Waals surface area contributed by atoms with Crippen molar-refractivity contribution in [3.05, 3.63) is 108 Å². The molecule has 0 fully saturated rings. The SMILES string of the molecule is C=C(Br)C(c1ccccc1)P(=O)(c1ccccc1)c1ccccc1. The van der Waals surface area contributed by atoms with Crippen molar-refractivity contribution in [2.75, 3.05) is 0 Å². The van der Waals surface area contributed by atoms with Crippen molar-refractivity contribution in [2.45, 2.75) is 5.66 Å². The van der Waals surface area contributed by atoms with Crippen molar-refractivity contribution < 1.29 is 4.57 Å². The van der Waals surface area contributed by atoms with Gasteiger partial charge in [0.15, 0.2) is 7.14 Å². The molecule has 1 unspecified atom stereocenters. The van der Waals surface area contributed by atoms with Gasteiger partial charge in [0.2, 0.25) is 0 Å². The third-order valence-corrected chi connectivity index (χ3v) is 8.33. The normalized spacial score (nSPS) is 12.5. The molecule has 0 N–H and O–H groups in total. The van der Waals surface area contributed by atoms with E-state index in [1.54, 1.807) is 0 Å². The van der Waals surface area contributed by atoms with E-state index >= 15 is 0 Å². The Bertz CT molecular complexity index is 817. The summed E-state index contributed by atoms with van der Waals surface area (Å²) in [5.74, 6) is 0. The summed E-state index contributed by atoms with van der Waals surface area (Å²) in [6.45, 7) is 4.09. The summed E-state index contributed by atoms with van der Waals surface area (Å²) < 4.78 is 15.2. The Hall–Kier alpha value is -1.89. The summed E-state index contributed by atoms with van der Waals surface area (Å²) in [4.78, 5) is 0. The Balaban J connectivity index is 2.28. The van der Waals surface area contributed by atoms with Gasteiger partial charge in [-0.25, -0.2) is 0 Å². The molecule has 0 aromatic heterocycles. The zero-order valence-corrected chi connectivity index (χ0v) is 15.7. The number of benzene rings is 3. The fraction of sp³-hybridized carbons (Fsp3) is 0.0476. The minimum Gasteiger partial charge on any atom is -0.313 e. The maximum atomic E-state index is 14.5. The van der Waals surface area contributed by atoms with Gasteiger partial charge in [0, 0.05) is 15.1 Å². The average Bonchev–Trinajstić information content (AvgIpc) is 2.64. The van der Waals surface area contributed by atoms with Gasteiger partial charge in [-0.1, -0.05) is 114 Å². The molecule has 0 amide bonds. The van der Waals surface area contributed by atoms with E-state index in [-0.39, 0.29) is 5.66 Å². The third-order valence-electron chi connectivity index (χ3n) is 4.06. The van der Waals surface area contributed by atoms with Gasteiger partial charge in [0.1, 0.15) is 0 Å². The van der Waals surface area contributed by atoms with E-state index in [4.69, 9.17) is 0 Å². The lowest BCUT2D eigenvalue weighted by Gasteiger charge is -2.29. The summed E-state index contributed by atoms with van der Waals surface area (Å²) in [6, 6.07) is 29.3. The number of hydrogen-bond donors (Lipinski definition) is 0. The molecule has 1 atom stereocenters. The molecular weight excluding hydrogens is 379 g/mol. The highest BCUT2D eigenvalue weighted by molar-refractivity contribution is 9.11. The second kappa shape index (κ2) is 7.34. The Morgan fingerprint density at radius 3 is 1.50 bits per heavy atom. The molecule has 120 valence electrons. The molecule has 3 rings (SSSR count). The van der Waals surface area contributed by atoms with E-state index in [0.717, 1.165) is 20.7 Å². The Morgan fingerprint density at radius 1 is 0.750 bits per heavy atom. The number of hydrogen-bond acceptors (Lipinski definition) is 1. The zero-order chi connectivity index (χ0) is 17.0. The number of allylic oxidation sites excluding steroid dienone is 1. The molecule has 0 radical (unpaired) electrons. The van der Waals surface area contributed by atoms with E-state index in [9.17, 15) is 4.57 Å². The first-order chi connectivity index (χ1) is 11.6. The van der Waals surface area contributed by atoms with Gasteiger partial charge in [0.05, 0.1) is 5.66 Å². The van der Waals surface area contributed by atoms with Gasteiger partial charge in [-0.15, -0.1) is 0 Å². The van der Waals surface area contributed by atoms with Crippen molar-refractivity contribution in [1.82, 2.24) is 0 Å². The van der Waals surface area contributed by atoms with Crippen molar-refractivity contribution in [3.8, 4) is 0 Å². The van der Waals surface area contributed by atoms with Crippen LogP contribution >= 0.6 is 23.1 Å². The van der Waals surface area contributed by atoms with E-state index in [1.165, 1.54) is 0 Å². The van der Waals surface area contributed by atoms with E-state index in [1.807, 2.05) is 91.0 Å². The van der Waals surface area contributed by atoms with Crippen LogP contribution in [0.25, 0.3) is 0 Å². The Morgan fingerprint density at radius 2 is 1.12 bits per heavy atom. The lowest BCUT2D eigenvalue weighted by molar-refractivity contribution is 0.583. The molecule has 3 heteroatoms. The summed E-state index contributed by atoms with van der Waals surface area (Å²) in [5.41, 5.74) is 0.680. The average molecular weight is 397 g/mol. The highest BCUT2D eigenvalue weighted by atomic mass is 79.9. The van der Waals surface area contributed by atoms with Gasteiger partial charge in [-0.2, -0.15) is 0 Å². The van der Waals surface area contributed by atoms with Crippen LogP contribution in [-0.4, -0.2) is 0 Å². The summed E-state index contributed by atoms with van der Waals surface area (Å²) in [7, 11) is -2.96. The third kappa shape index (κ3) is 3.17. The van der Waals surface area contributed by atoms with Crippen molar-refractivity contribution >= 4 is 33.7 Å². The maximum Gasteiger partial charge on any atom is 0.155 e. The fourth-order valence-electron chi connectivity index (χ4n) is 2.97. The topological polar surface area (TPSA) is 17.1 Å². The molecule has 0 aliphatic heterocycles. The summed E-state index contributed by atoms with van der Waals surface area (Å²) in [5, 5.41) is 1.68. The summed E-state index contributed by atoms with van der Waals surface area (Å²) in [6.07, 6.45) is 0. The van der Waals surface area contributed by atoms with Crippen LogP contribution in [0.5, 0.6) is 0 Å². The molecule has 3 aromatic rings. The summed E-state index contributed by atoms with van der Waals surface area (Å²) >= 11 is 3.54. The molecular formula is C21H18BrOP. The zero-order valence-electron chi connectivity index (χ0n) is 13.2. The Kier molecular flexibility index (Phi) is 5.18. The monoisotopic (exact) mass is 396 g/mol. The fourth-order valence-corrected chi connectivity index (χ4v) is 7.21. The molecule has 0 aliphatic carbocycles. The standard InChI is InChI=1S/C21H18BrOP/c1-17(22)21(18-11-5-2-6-12-18)24(23,19-13-7-3-8-14-19)20-15-9-4-10-16-20/h2-16,21H,1H2. The predicted molar refractivity (Wildman–Crippen MR) is 107 cm³/mol. The van der Waals surface area contributed by atoms with Crippen LogP contribution in [0.1, 0.15) is 11.2 Å². The van der Waals surface area contributed by atoms with Crippen LogP contribution in [0.15, 0.2) is 102 Å². The van der Waals surface area contributed by atoms with E-state index in [0.29, 0.717) is 0 Å². The smallest absolute Gasteiger partial charge is 0.155 e. The quantitative estimate of drug-likeness (QED) is 0.509. The highest BCUT2D eigenvalue weighted by Crippen LogP contribution is 2.61. The molecule has 0 bridgehead atoms. The molecule has 0 saturated heterocycles. The number of rotatable bonds is 5. The van der Waals surface area contributed by atoms with Crippen molar-refractivity contribution in [1.29, 1.82) is 0 Å². The van der Waals surface area contributed by atoms with Gasteiger partial charge < -0.3 is 4.57 Å². The molecule has 0 heterocycles. The minimum absolute atomic E-state index is 0.316. The van der Waals surface area contributed by atoms with Crippen LogP contribution in [0, 0.1) is 0 Å². The predicted octanol–water partition coefficient (Wildman–Crippen LogP) is 5.65.